The second kappa shape index (κ2) is 9.25. The highest BCUT2D eigenvalue weighted by Gasteiger charge is 2.21. The predicted octanol–water partition coefficient (Wildman–Crippen LogP) is -0.0789. The minimum atomic E-state index is -0.455. The van der Waals surface area contributed by atoms with Gasteiger partial charge in [0.2, 0.25) is 5.91 Å². The maximum Gasteiger partial charge on any atom is 0.248 e. The van der Waals surface area contributed by atoms with Crippen LogP contribution in [0, 0.1) is 0 Å². The number of carbonyl (C=O) groups excluding carboxylic acids is 1. The normalized spacial score (nSPS) is 25.0. The fourth-order valence-electron chi connectivity index (χ4n) is 1.87. The average molecular weight is 274 g/mol. The number of amides is 1. The summed E-state index contributed by atoms with van der Waals surface area (Å²) < 4.78 is 16.1. The Balaban J connectivity index is 2.11. The summed E-state index contributed by atoms with van der Waals surface area (Å²) in [5.41, 5.74) is 0. The summed E-state index contributed by atoms with van der Waals surface area (Å²) in [6.07, 6.45) is 0.568. The van der Waals surface area contributed by atoms with Gasteiger partial charge in [0, 0.05) is 33.4 Å². The molecule has 1 saturated heterocycles. The van der Waals surface area contributed by atoms with E-state index in [2.05, 4.69) is 10.6 Å². The van der Waals surface area contributed by atoms with Crippen LogP contribution in [0.4, 0.5) is 0 Å². The highest BCUT2D eigenvalue weighted by Crippen LogP contribution is 2.05. The molecule has 112 valence electrons. The highest BCUT2D eigenvalue weighted by molar-refractivity contribution is 5.80. The van der Waals surface area contributed by atoms with Crippen LogP contribution in [0.25, 0.3) is 0 Å². The molecule has 19 heavy (non-hydrogen) atoms. The number of hydrogen-bond acceptors (Lipinski definition) is 5. The number of nitrogens with one attached hydrogen (secondary N) is 2. The standard InChI is InChI=1S/C13H26N2O4/c1-10-7-14-8-12(19-10)9-18-11(2)13(16)15-5-4-6-17-3/h10-12,14H,4-9H2,1-3H3,(H,15,16). The molecule has 0 bridgehead atoms. The zero-order chi connectivity index (χ0) is 14.1. The molecule has 0 aromatic rings. The first-order chi connectivity index (χ1) is 9.13. The van der Waals surface area contributed by atoms with Crippen molar-refractivity contribution < 1.29 is 19.0 Å². The Morgan fingerprint density at radius 3 is 3.00 bits per heavy atom. The second-order valence-corrected chi connectivity index (χ2v) is 4.84. The molecule has 1 rings (SSSR count). The SMILES string of the molecule is COCCCNC(=O)C(C)OCC1CNCC(C)O1. The number of rotatable bonds is 8. The van der Waals surface area contributed by atoms with Gasteiger partial charge in [-0.15, -0.1) is 0 Å². The highest BCUT2D eigenvalue weighted by atomic mass is 16.5. The van der Waals surface area contributed by atoms with Gasteiger partial charge in [0.05, 0.1) is 18.8 Å². The van der Waals surface area contributed by atoms with Crippen LogP contribution < -0.4 is 10.6 Å². The molecule has 3 unspecified atom stereocenters. The summed E-state index contributed by atoms with van der Waals surface area (Å²) in [5, 5.41) is 6.08. The minimum Gasteiger partial charge on any atom is -0.385 e. The molecular weight excluding hydrogens is 248 g/mol. The molecule has 1 fully saturated rings. The van der Waals surface area contributed by atoms with Crippen LogP contribution in [0.3, 0.4) is 0 Å². The van der Waals surface area contributed by atoms with Gasteiger partial charge in [-0.3, -0.25) is 4.79 Å². The molecule has 2 N–H and O–H groups in total. The first-order valence-electron chi connectivity index (χ1n) is 6.88. The lowest BCUT2D eigenvalue weighted by Gasteiger charge is -2.29. The summed E-state index contributed by atoms with van der Waals surface area (Å²) in [7, 11) is 1.65. The van der Waals surface area contributed by atoms with E-state index in [1.54, 1.807) is 14.0 Å². The smallest absolute Gasteiger partial charge is 0.248 e. The van der Waals surface area contributed by atoms with Crippen LogP contribution in [0.2, 0.25) is 0 Å². The summed E-state index contributed by atoms with van der Waals surface area (Å²) >= 11 is 0. The van der Waals surface area contributed by atoms with E-state index in [0.717, 1.165) is 19.5 Å². The van der Waals surface area contributed by atoms with E-state index in [1.807, 2.05) is 6.92 Å². The Labute approximate surface area is 115 Å². The van der Waals surface area contributed by atoms with Crippen molar-refractivity contribution >= 4 is 5.91 Å². The Morgan fingerprint density at radius 2 is 2.32 bits per heavy atom. The van der Waals surface area contributed by atoms with Crippen molar-refractivity contribution in [1.82, 2.24) is 10.6 Å². The fourth-order valence-corrected chi connectivity index (χ4v) is 1.87. The summed E-state index contributed by atoms with van der Waals surface area (Å²) in [4.78, 5) is 11.7. The van der Waals surface area contributed by atoms with Gasteiger partial charge in [0.1, 0.15) is 6.10 Å². The van der Waals surface area contributed by atoms with E-state index in [4.69, 9.17) is 14.2 Å². The van der Waals surface area contributed by atoms with Crippen molar-refractivity contribution in [3.8, 4) is 0 Å². The monoisotopic (exact) mass is 274 g/mol. The van der Waals surface area contributed by atoms with Crippen molar-refractivity contribution in [2.75, 3.05) is 40.0 Å². The third-order valence-electron chi connectivity index (χ3n) is 2.95. The van der Waals surface area contributed by atoms with E-state index in [1.165, 1.54) is 0 Å². The van der Waals surface area contributed by atoms with Crippen LogP contribution in [0.5, 0.6) is 0 Å². The lowest BCUT2D eigenvalue weighted by atomic mass is 10.2. The molecule has 0 saturated carbocycles. The van der Waals surface area contributed by atoms with Gasteiger partial charge in [-0.05, 0) is 20.3 Å². The molecule has 1 heterocycles. The molecule has 0 radical (unpaired) electrons. The third kappa shape index (κ3) is 6.87. The van der Waals surface area contributed by atoms with Crippen molar-refractivity contribution in [2.24, 2.45) is 0 Å². The lowest BCUT2D eigenvalue weighted by molar-refractivity contribution is -0.136. The first kappa shape index (κ1) is 16.4. The number of morpholine rings is 1. The number of carbonyl (C=O) groups is 1. The first-order valence-corrected chi connectivity index (χ1v) is 6.88. The summed E-state index contributed by atoms with van der Waals surface area (Å²) in [5.74, 6) is -0.0899. The van der Waals surface area contributed by atoms with Crippen LogP contribution in [0.1, 0.15) is 20.3 Å². The quantitative estimate of drug-likeness (QED) is 0.606. The Hall–Kier alpha value is -0.690. The molecule has 0 aromatic heterocycles. The molecule has 1 amide bonds. The van der Waals surface area contributed by atoms with Crippen molar-refractivity contribution in [2.45, 2.75) is 38.6 Å². The van der Waals surface area contributed by atoms with E-state index < -0.39 is 6.10 Å². The predicted molar refractivity (Wildman–Crippen MR) is 72.1 cm³/mol. The van der Waals surface area contributed by atoms with Crippen molar-refractivity contribution in [3.63, 3.8) is 0 Å². The lowest BCUT2D eigenvalue weighted by Crippen LogP contribution is -2.46. The zero-order valence-electron chi connectivity index (χ0n) is 12.1. The number of hydrogen-bond donors (Lipinski definition) is 2. The Morgan fingerprint density at radius 1 is 1.53 bits per heavy atom. The maximum atomic E-state index is 11.7. The molecule has 1 aliphatic rings. The topological polar surface area (TPSA) is 68.8 Å². The second-order valence-electron chi connectivity index (χ2n) is 4.84. The molecule has 0 aromatic carbocycles. The van der Waals surface area contributed by atoms with E-state index in [9.17, 15) is 4.79 Å². The van der Waals surface area contributed by atoms with Crippen molar-refractivity contribution in [1.29, 1.82) is 0 Å². The maximum absolute atomic E-state index is 11.7. The van der Waals surface area contributed by atoms with E-state index in [-0.39, 0.29) is 18.1 Å². The summed E-state index contributed by atoms with van der Waals surface area (Å²) in [6, 6.07) is 0. The van der Waals surface area contributed by atoms with Crippen LogP contribution in [-0.4, -0.2) is 64.2 Å². The van der Waals surface area contributed by atoms with Crippen LogP contribution in [-0.2, 0) is 19.0 Å². The molecule has 0 spiro atoms. The molecule has 3 atom stereocenters. The fraction of sp³-hybridized carbons (Fsp3) is 0.923. The van der Waals surface area contributed by atoms with E-state index >= 15 is 0 Å². The molecule has 6 nitrogen and oxygen atoms in total. The zero-order valence-corrected chi connectivity index (χ0v) is 12.1. The molecule has 6 heteroatoms. The molecule has 1 aliphatic heterocycles. The van der Waals surface area contributed by atoms with Crippen LogP contribution >= 0.6 is 0 Å². The molecular formula is C13H26N2O4. The van der Waals surface area contributed by atoms with Gasteiger partial charge in [-0.2, -0.15) is 0 Å². The van der Waals surface area contributed by atoms with Gasteiger partial charge in [-0.25, -0.2) is 0 Å². The minimum absolute atomic E-state index is 0.0208. The Bertz CT molecular complexity index is 263. The van der Waals surface area contributed by atoms with Gasteiger partial charge in [0.25, 0.3) is 0 Å². The molecule has 0 aliphatic carbocycles. The number of ether oxygens (including phenoxy) is 3. The van der Waals surface area contributed by atoms with Gasteiger partial charge >= 0.3 is 0 Å². The van der Waals surface area contributed by atoms with E-state index in [0.29, 0.717) is 19.8 Å². The van der Waals surface area contributed by atoms with Crippen molar-refractivity contribution in [3.05, 3.63) is 0 Å². The van der Waals surface area contributed by atoms with Gasteiger partial charge < -0.3 is 24.8 Å². The largest absolute Gasteiger partial charge is 0.385 e. The van der Waals surface area contributed by atoms with Gasteiger partial charge in [-0.1, -0.05) is 0 Å². The average Bonchev–Trinajstić information content (AvgIpc) is 2.41. The summed E-state index contributed by atoms with van der Waals surface area (Å²) in [6.45, 7) is 7.10. The van der Waals surface area contributed by atoms with Gasteiger partial charge in [0.15, 0.2) is 0 Å². The number of methoxy groups -OCH3 is 1. The third-order valence-corrected chi connectivity index (χ3v) is 2.95. The Kier molecular flexibility index (Phi) is 7.97. The van der Waals surface area contributed by atoms with Crippen LogP contribution in [0.15, 0.2) is 0 Å².